The number of likely N-dealkylation sites (tertiary alicyclic amines) is 1. The van der Waals surface area contributed by atoms with Gasteiger partial charge < -0.3 is 24.9 Å². The van der Waals surface area contributed by atoms with Crippen LogP contribution in [0.1, 0.15) is 74.5 Å². The number of hydrogen-bond donors (Lipinski definition) is 2. The molecule has 3 aliphatic rings. The molecule has 44 heavy (non-hydrogen) atoms. The number of rotatable bonds is 8. The highest BCUT2D eigenvalue weighted by atomic mass is 19.1. The van der Waals surface area contributed by atoms with E-state index in [1.807, 2.05) is 24.3 Å². The first-order valence-corrected chi connectivity index (χ1v) is 15.0. The lowest BCUT2D eigenvalue weighted by atomic mass is 9.87. The highest BCUT2D eigenvalue weighted by Crippen LogP contribution is 2.42. The van der Waals surface area contributed by atoms with Gasteiger partial charge in [-0.1, -0.05) is 30.3 Å². The number of primary amides is 1. The molecule has 3 aliphatic heterocycles. The number of hydrogen-bond acceptors (Lipinski definition) is 6. The van der Waals surface area contributed by atoms with E-state index < -0.39 is 23.8 Å². The Morgan fingerprint density at radius 3 is 2.52 bits per heavy atom. The number of benzene rings is 3. The van der Waals surface area contributed by atoms with Crippen LogP contribution in [0.4, 0.5) is 4.39 Å². The molecule has 4 aromatic rings. The summed E-state index contributed by atoms with van der Waals surface area (Å²) in [5.74, 6) is -0.202. The minimum absolute atomic E-state index is 0.113. The summed E-state index contributed by atoms with van der Waals surface area (Å²) >= 11 is 0. The number of amides is 1. The third-order valence-electron chi connectivity index (χ3n) is 9.01. The Kier molecular flexibility index (Phi) is 7.39. The summed E-state index contributed by atoms with van der Waals surface area (Å²) in [6, 6.07) is 15.5. The lowest BCUT2D eigenvalue weighted by molar-refractivity contribution is -0.0592. The molecular formula is C34H33FN4O5. The molecule has 1 unspecified atom stereocenters. The number of nitrogens with zero attached hydrogens (tertiary/aromatic N) is 3. The van der Waals surface area contributed by atoms with Crippen molar-refractivity contribution < 1.29 is 28.6 Å². The number of nitrogens with two attached hydrogens (primary N) is 1. The average Bonchev–Trinajstić information content (AvgIpc) is 3.34. The van der Waals surface area contributed by atoms with Gasteiger partial charge in [0.2, 0.25) is 5.91 Å². The highest BCUT2D eigenvalue weighted by molar-refractivity contribution is 5.93. The Labute approximate surface area is 253 Å². The molecule has 0 radical (unpaired) electrons. The van der Waals surface area contributed by atoms with E-state index in [1.54, 1.807) is 24.3 Å². The second-order valence-electron chi connectivity index (χ2n) is 11.7. The van der Waals surface area contributed by atoms with Crippen molar-refractivity contribution in [3.05, 3.63) is 100 Å². The van der Waals surface area contributed by atoms with Crippen LogP contribution < -0.4 is 10.5 Å². The molecular weight excluding hydrogens is 563 g/mol. The van der Waals surface area contributed by atoms with E-state index >= 15 is 0 Å². The first-order chi connectivity index (χ1) is 21.3. The van der Waals surface area contributed by atoms with Gasteiger partial charge >= 0.3 is 5.97 Å². The summed E-state index contributed by atoms with van der Waals surface area (Å²) in [5.41, 5.74) is 9.72. The molecule has 0 aliphatic carbocycles. The molecule has 9 nitrogen and oxygen atoms in total. The quantitative estimate of drug-likeness (QED) is 0.284. The molecule has 3 N–H and O–H groups in total. The van der Waals surface area contributed by atoms with Crippen LogP contribution in [-0.4, -0.2) is 57.2 Å². The third-order valence-corrected chi connectivity index (χ3v) is 9.01. The Balaban J connectivity index is 1.07. The number of carboxylic acids is 1. The molecule has 2 fully saturated rings. The predicted molar refractivity (Wildman–Crippen MR) is 162 cm³/mol. The first-order valence-electron chi connectivity index (χ1n) is 15.0. The van der Waals surface area contributed by atoms with Gasteiger partial charge in [0.25, 0.3) is 0 Å². The highest BCUT2D eigenvalue weighted by Gasteiger charge is 2.29. The zero-order valence-corrected chi connectivity index (χ0v) is 24.1. The van der Waals surface area contributed by atoms with E-state index in [-0.39, 0.29) is 23.1 Å². The van der Waals surface area contributed by atoms with Crippen molar-refractivity contribution in [2.24, 2.45) is 5.73 Å². The zero-order chi connectivity index (χ0) is 30.4. The Hall–Kier alpha value is -4.54. The number of carbonyl (C=O) groups excluding carboxylic acids is 1. The van der Waals surface area contributed by atoms with E-state index in [0.29, 0.717) is 18.7 Å². The van der Waals surface area contributed by atoms with Gasteiger partial charge in [-0.05, 0) is 80.2 Å². The van der Waals surface area contributed by atoms with Crippen LogP contribution in [-0.2, 0) is 17.8 Å². The average molecular weight is 597 g/mol. The maximum atomic E-state index is 14.9. The molecule has 7 rings (SSSR count). The van der Waals surface area contributed by atoms with Crippen molar-refractivity contribution in [1.82, 2.24) is 14.5 Å². The maximum Gasteiger partial charge on any atom is 0.335 e. The van der Waals surface area contributed by atoms with Crippen molar-refractivity contribution >= 4 is 29.0 Å². The third kappa shape index (κ3) is 5.35. The predicted octanol–water partition coefficient (Wildman–Crippen LogP) is 5.29. The van der Waals surface area contributed by atoms with Gasteiger partial charge in [0.05, 0.1) is 35.8 Å². The fraction of sp³-hybridized carbons (Fsp3) is 0.324. The van der Waals surface area contributed by atoms with Crippen LogP contribution in [0.3, 0.4) is 0 Å². The van der Waals surface area contributed by atoms with Crippen LogP contribution >= 0.6 is 0 Å². The molecule has 0 saturated carbocycles. The van der Waals surface area contributed by atoms with Gasteiger partial charge in [-0.2, -0.15) is 0 Å². The molecule has 3 aromatic carbocycles. The number of halogens is 1. The van der Waals surface area contributed by atoms with Crippen molar-refractivity contribution in [3.63, 3.8) is 0 Å². The summed E-state index contributed by atoms with van der Waals surface area (Å²) in [4.78, 5) is 30.4. The fourth-order valence-electron chi connectivity index (χ4n) is 6.46. The van der Waals surface area contributed by atoms with Crippen LogP contribution in [0.25, 0.3) is 17.1 Å². The van der Waals surface area contributed by atoms with Crippen molar-refractivity contribution in [2.45, 2.75) is 50.5 Å². The number of aromatic carboxylic acids is 1. The normalized spacial score (nSPS) is 20.2. The molecule has 226 valence electrons. The Morgan fingerprint density at radius 2 is 1.82 bits per heavy atom. The van der Waals surface area contributed by atoms with E-state index in [4.69, 9.17) is 20.2 Å². The van der Waals surface area contributed by atoms with Gasteiger partial charge in [-0.3, -0.25) is 9.69 Å². The molecule has 4 heterocycles. The number of carbonyl (C=O) groups is 2. The SMILES string of the molecule is NC(=O)c1ccc(C2C=Cc3cccc(C4CCN(Cc5nc6ccc(C(=O)O)cc6n5C[C@@H]5CCO5)CC4)c3O2)c(F)c1. The number of piperidine rings is 1. The van der Waals surface area contributed by atoms with Gasteiger partial charge in [-0.15, -0.1) is 0 Å². The summed E-state index contributed by atoms with van der Waals surface area (Å²) in [6.45, 7) is 3.78. The maximum absolute atomic E-state index is 14.9. The molecule has 2 saturated heterocycles. The number of imidazole rings is 1. The van der Waals surface area contributed by atoms with Crippen molar-refractivity contribution in [1.29, 1.82) is 0 Å². The van der Waals surface area contributed by atoms with E-state index in [2.05, 4.69) is 15.5 Å². The Morgan fingerprint density at radius 1 is 1.02 bits per heavy atom. The zero-order valence-electron chi connectivity index (χ0n) is 24.1. The number of para-hydroxylation sites is 1. The lowest BCUT2D eigenvalue weighted by Crippen LogP contribution is -2.35. The summed E-state index contributed by atoms with van der Waals surface area (Å²) in [6.07, 6.45) is 6.12. The second-order valence-corrected chi connectivity index (χ2v) is 11.7. The fourth-order valence-corrected chi connectivity index (χ4v) is 6.46. The van der Waals surface area contributed by atoms with Gasteiger partial charge in [0.1, 0.15) is 23.5 Å². The second kappa shape index (κ2) is 11.5. The number of ether oxygens (including phenoxy) is 2. The first kappa shape index (κ1) is 28.2. The molecule has 0 bridgehead atoms. The molecule has 10 heteroatoms. The topological polar surface area (TPSA) is 120 Å². The van der Waals surface area contributed by atoms with E-state index in [9.17, 15) is 19.1 Å². The minimum Gasteiger partial charge on any atom is -0.481 e. The van der Waals surface area contributed by atoms with Crippen molar-refractivity contribution in [3.8, 4) is 5.75 Å². The minimum atomic E-state index is -0.955. The Bertz CT molecular complexity index is 1790. The summed E-state index contributed by atoms with van der Waals surface area (Å²) in [7, 11) is 0. The monoisotopic (exact) mass is 596 g/mol. The van der Waals surface area contributed by atoms with E-state index in [0.717, 1.165) is 78.8 Å². The molecule has 1 amide bonds. The van der Waals surface area contributed by atoms with Gasteiger partial charge in [0.15, 0.2) is 0 Å². The van der Waals surface area contributed by atoms with Crippen molar-refractivity contribution in [2.75, 3.05) is 19.7 Å². The van der Waals surface area contributed by atoms with Crippen LogP contribution in [0.15, 0.2) is 60.7 Å². The van der Waals surface area contributed by atoms with E-state index in [1.165, 1.54) is 6.07 Å². The molecule has 0 spiro atoms. The number of fused-ring (bicyclic) bond motifs is 2. The lowest BCUT2D eigenvalue weighted by Gasteiger charge is -2.34. The summed E-state index contributed by atoms with van der Waals surface area (Å²) in [5, 5.41) is 9.54. The largest absolute Gasteiger partial charge is 0.481 e. The number of aromatic nitrogens is 2. The van der Waals surface area contributed by atoms with Crippen LogP contribution in [0, 0.1) is 5.82 Å². The van der Waals surface area contributed by atoms with Crippen LogP contribution in [0.5, 0.6) is 5.75 Å². The molecule has 1 aromatic heterocycles. The molecule has 2 atom stereocenters. The van der Waals surface area contributed by atoms with Crippen LogP contribution in [0.2, 0.25) is 0 Å². The standard InChI is InChI=1S/C34H33FN4O5/c35-27-16-22(33(36)40)4-7-26(27)30-9-6-21-2-1-3-25(32(21)44-30)20-10-13-38(14-11-20)19-31-37-28-8-5-23(34(41)42)17-29(28)39(31)18-24-12-15-43-24/h1-9,16-17,20,24,30H,10-15,18-19H2,(H2,36,40)(H,41,42)/t24-,30?/m0/s1. The number of carboxylic acid groups (broad SMARTS) is 1. The summed E-state index contributed by atoms with van der Waals surface area (Å²) < 4.78 is 29.2. The van der Waals surface area contributed by atoms with Gasteiger partial charge in [0, 0.05) is 23.3 Å². The van der Waals surface area contributed by atoms with Gasteiger partial charge in [-0.25, -0.2) is 14.2 Å². The smallest absolute Gasteiger partial charge is 0.335 e.